The van der Waals surface area contributed by atoms with Gasteiger partial charge in [-0.25, -0.2) is 4.79 Å². The van der Waals surface area contributed by atoms with Gasteiger partial charge in [0.1, 0.15) is 0 Å². The molecule has 0 aromatic heterocycles. The molecule has 0 spiro atoms. The van der Waals surface area contributed by atoms with E-state index in [1.807, 2.05) is 0 Å². The maximum Gasteiger partial charge on any atom is 0.318 e. The molecule has 0 aromatic carbocycles. The van der Waals surface area contributed by atoms with Gasteiger partial charge in [-0.2, -0.15) is 0 Å². The number of urea groups is 1. The Kier molecular flexibility index (Phi) is 3.61. The molecular weight excluding hydrogens is 248 g/mol. The van der Waals surface area contributed by atoms with Gasteiger partial charge < -0.3 is 10.2 Å². The monoisotopic (exact) mass is 274 g/mol. The summed E-state index contributed by atoms with van der Waals surface area (Å²) in [5.41, 5.74) is 0.0897. The summed E-state index contributed by atoms with van der Waals surface area (Å²) in [4.78, 5) is 14.3. The van der Waals surface area contributed by atoms with E-state index < -0.39 is 0 Å². The van der Waals surface area contributed by atoms with E-state index in [-0.39, 0.29) is 11.6 Å². The summed E-state index contributed by atoms with van der Waals surface area (Å²) in [5, 5.41) is 3.39. The molecule has 1 N–H and O–H groups in total. The maximum absolute atomic E-state index is 12.5. The van der Waals surface area contributed by atoms with Crippen LogP contribution >= 0.6 is 0 Å². The van der Waals surface area contributed by atoms with Crippen molar-refractivity contribution in [3.05, 3.63) is 25.3 Å². The van der Waals surface area contributed by atoms with Crippen LogP contribution in [0, 0.1) is 17.8 Å². The van der Waals surface area contributed by atoms with Crippen LogP contribution in [0.3, 0.4) is 0 Å². The lowest BCUT2D eigenvalue weighted by Crippen LogP contribution is -2.61. The van der Waals surface area contributed by atoms with E-state index in [2.05, 4.69) is 18.5 Å². The number of amides is 2. The van der Waals surface area contributed by atoms with Gasteiger partial charge in [0.15, 0.2) is 0 Å². The van der Waals surface area contributed by atoms with Gasteiger partial charge >= 0.3 is 6.03 Å². The third-order valence-corrected chi connectivity index (χ3v) is 5.40. The van der Waals surface area contributed by atoms with Crippen molar-refractivity contribution in [2.75, 3.05) is 13.1 Å². The first kappa shape index (κ1) is 13.7. The van der Waals surface area contributed by atoms with Gasteiger partial charge in [0, 0.05) is 18.6 Å². The smallest absolute Gasteiger partial charge is 0.318 e. The zero-order valence-corrected chi connectivity index (χ0v) is 12.3. The van der Waals surface area contributed by atoms with Gasteiger partial charge in [0.05, 0.1) is 0 Å². The molecule has 20 heavy (non-hydrogen) atoms. The third-order valence-electron chi connectivity index (χ3n) is 5.40. The van der Waals surface area contributed by atoms with Crippen LogP contribution in [0.15, 0.2) is 25.3 Å². The molecule has 4 bridgehead atoms. The predicted molar refractivity (Wildman–Crippen MR) is 81.4 cm³/mol. The van der Waals surface area contributed by atoms with Crippen LogP contribution in [0.4, 0.5) is 4.79 Å². The lowest BCUT2D eigenvalue weighted by atomic mass is 9.53. The van der Waals surface area contributed by atoms with E-state index >= 15 is 0 Å². The summed E-state index contributed by atoms with van der Waals surface area (Å²) >= 11 is 0. The zero-order valence-electron chi connectivity index (χ0n) is 12.3. The normalized spacial score (nSPS) is 37.5. The van der Waals surface area contributed by atoms with Crippen molar-refractivity contribution < 1.29 is 4.79 Å². The first-order chi connectivity index (χ1) is 9.64. The molecular formula is C17H26N2O. The molecule has 0 atom stereocenters. The van der Waals surface area contributed by atoms with E-state index in [4.69, 9.17) is 0 Å². The van der Waals surface area contributed by atoms with Crippen molar-refractivity contribution in [2.45, 2.75) is 44.1 Å². The average molecular weight is 274 g/mol. The Labute approximate surface area is 122 Å². The molecule has 4 rings (SSSR count). The van der Waals surface area contributed by atoms with Crippen molar-refractivity contribution in [1.82, 2.24) is 10.2 Å². The van der Waals surface area contributed by atoms with E-state index in [1.165, 1.54) is 38.5 Å². The van der Waals surface area contributed by atoms with Gasteiger partial charge in [-0.3, -0.25) is 0 Å². The summed E-state index contributed by atoms with van der Waals surface area (Å²) in [5.74, 6) is 2.57. The fraction of sp³-hybridized carbons (Fsp3) is 0.706. The highest BCUT2D eigenvalue weighted by molar-refractivity contribution is 5.75. The standard InChI is InChI=1S/C17H26N2O/c1-3-5-19(6-4-2)16(20)18-17-10-13-7-14(11-17)9-15(8-13)12-17/h3-4,13-15H,1-2,5-12H2,(H,18,20). The maximum atomic E-state index is 12.5. The molecule has 0 radical (unpaired) electrons. The minimum Gasteiger partial charge on any atom is -0.333 e. The van der Waals surface area contributed by atoms with Crippen LogP contribution in [-0.2, 0) is 0 Å². The van der Waals surface area contributed by atoms with Crippen LogP contribution in [0.1, 0.15) is 38.5 Å². The van der Waals surface area contributed by atoms with Gasteiger partial charge in [0.25, 0.3) is 0 Å². The highest BCUT2D eigenvalue weighted by Gasteiger charge is 2.51. The Hall–Kier alpha value is -1.25. The molecule has 0 aliphatic heterocycles. The summed E-state index contributed by atoms with van der Waals surface area (Å²) in [6.45, 7) is 8.65. The average Bonchev–Trinajstić information content (AvgIpc) is 2.36. The fourth-order valence-electron chi connectivity index (χ4n) is 5.12. The second-order valence-electron chi connectivity index (χ2n) is 7.11. The number of rotatable bonds is 5. The minimum atomic E-state index is 0.0618. The number of carbonyl (C=O) groups is 1. The summed E-state index contributed by atoms with van der Waals surface area (Å²) in [6.07, 6.45) is 11.3. The highest BCUT2D eigenvalue weighted by Crippen LogP contribution is 2.55. The lowest BCUT2D eigenvalue weighted by Gasteiger charge is -2.57. The molecule has 0 aromatic rings. The van der Waals surface area contributed by atoms with Crippen molar-refractivity contribution in [1.29, 1.82) is 0 Å². The number of hydrogen-bond acceptors (Lipinski definition) is 1. The SMILES string of the molecule is C=CCN(CC=C)C(=O)NC12CC3CC(CC(C3)C1)C2. The highest BCUT2D eigenvalue weighted by atomic mass is 16.2. The molecule has 0 heterocycles. The van der Waals surface area contributed by atoms with Crippen molar-refractivity contribution in [3.63, 3.8) is 0 Å². The predicted octanol–water partition coefficient (Wildman–Crippen LogP) is 3.34. The summed E-state index contributed by atoms with van der Waals surface area (Å²) < 4.78 is 0. The Morgan fingerprint density at radius 3 is 1.90 bits per heavy atom. The van der Waals surface area contributed by atoms with Crippen LogP contribution in [0.25, 0.3) is 0 Å². The van der Waals surface area contributed by atoms with Crippen LogP contribution < -0.4 is 5.32 Å². The van der Waals surface area contributed by atoms with E-state index in [0.29, 0.717) is 13.1 Å². The lowest BCUT2D eigenvalue weighted by molar-refractivity contribution is -0.0153. The molecule has 110 valence electrons. The second-order valence-corrected chi connectivity index (χ2v) is 7.11. The molecule has 2 amide bonds. The molecule has 4 aliphatic rings. The van der Waals surface area contributed by atoms with Crippen molar-refractivity contribution >= 4 is 6.03 Å². The number of carbonyl (C=O) groups excluding carboxylic acids is 1. The molecule has 3 nitrogen and oxygen atoms in total. The van der Waals surface area contributed by atoms with Crippen LogP contribution in [-0.4, -0.2) is 29.6 Å². The van der Waals surface area contributed by atoms with Gasteiger partial charge in [-0.05, 0) is 56.3 Å². The largest absolute Gasteiger partial charge is 0.333 e. The Balaban J connectivity index is 1.68. The Morgan fingerprint density at radius 1 is 1.05 bits per heavy atom. The first-order valence-electron chi connectivity index (χ1n) is 7.93. The Bertz CT molecular complexity index is 370. The molecule has 4 aliphatic carbocycles. The van der Waals surface area contributed by atoms with Crippen LogP contribution in [0.2, 0.25) is 0 Å². The quantitative estimate of drug-likeness (QED) is 0.766. The zero-order chi connectivity index (χ0) is 14.2. The molecule has 4 fully saturated rings. The van der Waals surface area contributed by atoms with E-state index in [0.717, 1.165) is 17.8 Å². The van der Waals surface area contributed by atoms with Crippen molar-refractivity contribution in [3.8, 4) is 0 Å². The summed E-state index contributed by atoms with van der Waals surface area (Å²) in [7, 11) is 0. The number of nitrogens with zero attached hydrogens (tertiary/aromatic N) is 1. The van der Waals surface area contributed by atoms with Crippen LogP contribution in [0.5, 0.6) is 0 Å². The van der Waals surface area contributed by atoms with E-state index in [1.54, 1.807) is 17.1 Å². The number of hydrogen-bond donors (Lipinski definition) is 1. The first-order valence-corrected chi connectivity index (χ1v) is 7.93. The Morgan fingerprint density at radius 2 is 1.50 bits per heavy atom. The third kappa shape index (κ3) is 2.50. The minimum absolute atomic E-state index is 0.0618. The summed E-state index contributed by atoms with van der Waals surface area (Å²) in [6, 6.07) is 0.0618. The molecule has 3 heteroatoms. The molecule has 4 saturated carbocycles. The van der Waals surface area contributed by atoms with Crippen molar-refractivity contribution in [2.24, 2.45) is 17.8 Å². The van der Waals surface area contributed by atoms with Gasteiger partial charge in [-0.15, -0.1) is 13.2 Å². The van der Waals surface area contributed by atoms with Gasteiger partial charge in [0.2, 0.25) is 0 Å². The second kappa shape index (κ2) is 5.27. The van der Waals surface area contributed by atoms with E-state index in [9.17, 15) is 4.79 Å². The fourth-order valence-corrected chi connectivity index (χ4v) is 5.12. The number of nitrogens with one attached hydrogen (secondary N) is 1. The van der Waals surface area contributed by atoms with Gasteiger partial charge in [-0.1, -0.05) is 12.2 Å². The molecule has 0 saturated heterocycles. The topological polar surface area (TPSA) is 32.3 Å². The molecule has 0 unspecified atom stereocenters.